The fraction of sp³-hybridized carbons (Fsp3) is 0.625. The first-order valence-electron chi connectivity index (χ1n) is 7.41. The molecule has 1 N–H and O–H groups in total. The Bertz CT molecular complexity index is 388. The van der Waals surface area contributed by atoms with Crippen LogP contribution >= 0.6 is 11.6 Å². The van der Waals surface area contributed by atoms with E-state index in [4.69, 9.17) is 11.6 Å². The van der Waals surface area contributed by atoms with Gasteiger partial charge in [0.1, 0.15) is 0 Å². The summed E-state index contributed by atoms with van der Waals surface area (Å²) in [5.74, 6) is 0.787. The molecular formula is C16H25ClN2. The summed E-state index contributed by atoms with van der Waals surface area (Å²) in [5, 5.41) is 4.34. The predicted octanol–water partition coefficient (Wildman–Crippen LogP) is 3.72. The summed E-state index contributed by atoms with van der Waals surface area (Å²) in [4.78, 5) is 2.56. The highest BCUT2D eigenvalue weighted by atomic mass is 35.5. The van der Waals surface area contributed by atoms with E-state index in [0.29, 0.717) is 6.04 Å². The maximum Gasteiger partial charge on any atom is 0.0409 e. The molecule has 0 spiro atoms. The van der Waals surface area contributed by atoms with Crippen molar-refractivity contribution in [2.75, 3.05) is 26.2 Å². The average molecular weight is 281 g/mol. The molecule has 1 aliphatic heterocycles. The minimum Gasteiger partial charge on any atom is -0.316 e. The Morgan fingerprint density at radius 3 is 2.95 bits per heavy atom. The van der Waals surface area contributed by atoms with Gasteiger partial charge in [-0.25, -0.2) is 0 Å². The zero-order chi connectivity index (χ0) is 13.7. The van der Waals surface area contributed by atoms with Crippen LogP contribution in [0, 0.1) is 5.92 Å². The second kappa shape index (κ2) is 7.28. The quantitative estimate of drug-likeness (QED) is 0.884. The predicted molar refractivity (Wildman–Crippen MR) is 82.7 cm³/mol. The molecule has 0 aromatic heterocycles. The van der Waals surface area contributed by atoms with E-state index in [1.54, 1.807) is 0 Å². The van der Waals surface area contributed by atoms with Crippen LogP contribution in [0.15, 0.2) is 24.3 Å². The molecule has 1 heterocycles. The van der Waals surface area contributed by atoms with Crippen molar-refractivity contribution in [1.82, 2.24) is 10.2 Å². The van der Waals surface area contributed by atoms with E-state index in [9.17, 15) is 0 Å². The number of benzene rings is 1. The first-order chi connectivity index (χ1) is 9.20. The van der Waals surface area contributed by atoms with Gasteiger partial charge in [0.05, 0.1) is 0 Å². The number of piperidine rings is 1. The van der Waals surface area contributed by atoms with Gasteiger partial charge in [0.15, 0.2) is 0 Å². The lowest BCUT2D eigenvalue weighted by Gasteiger charge is -2.33. The van der Waals surface area contributed by atoms with Crippen LogP contribution in [0.3, 0.4) is 0 Å². The van der Waals surface area contributed by atoms with E-state index in [2.05, 4.69) is 36.2 Å². The fourth-order valence-electron chi connectivity index (χ4n) is 2.95. The molecule has 1 aromatic rings. The van der Waals surface area contributed by atoms with Gasteiger partial charge in [0.2, 0.25) is 0 Å². The van der Waals surface area contributed by atoms with Crippen molar-refractivity contribution in [2.24, 2.45) is 5.92 Å². The molecule has 0 bridgehead atoms. The summed E-state index contributed by atoms with van der Waals surface area (Å²) >= 11 is 6.10. The first kappa shape index (κ1) is 14.8. The van der Waals surface area contributed by atoms with Gasteiger partial charge in [-0.05, 0) is 63.0 Å². The number of hydrogen-bond acceptors (Lipinski definition) is 2. The Morgan fingerprint density at radius 1 is 1.47 bits per heavy atom. The van der Waals surface area contributed by atoms with Crippen LogP contribution < -0.4 is 5.32 Å². The van der Waals surface area contributed by atoms with Crippen LogP contribution in [-0.2, 0) is 0 Å². The third-order valence-corrected chi connectivity index (χ3v) is 4.41. The van der Waals surface area contributed by atoms with Crippen LogP contribution in [0.5, 0.6) is 0 Å². The molecule has 2 nitrogen and oxygen atoms in total. The lowest BCUT2D eigenvalue weighted by molar-refractivity contribution is 0.171. The summed E-state index contributed by atoms with van der Waals surface area (Å²) in [7, 11) is 0. The molecule has 19 heavy (non-hydrogen) atoms. The Kier molecular flexibility index (Phi) is 5.68. The topological polar surface area (TPSA) is 15.3 Å². The zero-order valence-electron chi connectivity index (χ0n) is 12.0. The summed E-state index contributed by atoms with van der Waals surface area (Å²) in [6, 6.07) is 8.70. The molecule has 0 saturated carbocycles. The molecular weight excluding hydrogens is 256 g/mol. The summed E-state index contributed by atoms with van der Waals surface area (Å²) in [5.41, 5.74) is 1.32. The van der Waals surface area contributed by atoms with E-state index in [0.717, 1.165) is 17.5 Å². The standard InChI is InChI=1S/C16H25ClN2/c1-3-19(12-14-6-5-9-18-11-14)13(2)15-7-4-8-16(17)10-15/h4,7-8,10,13-14,18H,3,5-6,9,11-12H2,1-2H3. The summed E-state index contributed by atoms with van der Waals surface area (Å²) in [6.45, 7) is 9.15. The molecule has 0 aliphatic carbocycles. The highest BCUT2D eigenvalue weighted by Gasteiger charge is 2.20. The summed E-state index contributed by atoms with van der Waals surface area (Å²) in [6.07, 6.45) is 2.67. The van der Waals surface area contributed by atoms with Gasteiger partial charge in [0.25, 0.3) is 0 Å². The Hall–Kier alpha value is -0.570. The first-order valence-corrected chi connectivity index (χ1v) is 7.78. The fourth-order valence-corrected chi connectivity index (χ4v) is 3.15. The van der Waals surface area contributed by atoms with Crippen LogP contribution in [0.2, 0.25) is 5.02 Å². The third-order valence-electron chi connectivity index (χ3n) is 4.18. The van der Waals surface area contributed by atoms with Crippen LogP contribution in [0.1, 0.15) is 38.3 Å². The van der Waals surface area contributed by atoms with E-state index >= 15 is 0 Å². The monoisotopic (exact) mass is 280 g/mol. The van der Waals surface area contributed by atoms with Crippen molar-refractivity contribution in [3.05, 3.63) is 34.9 Å². The van der Waals surface area contributed by atoms with E-state index in [1.165, 1.54) is 38.0 Å². The second-order valence-electron chi connectivity index (χ2n) is 5.53. The maximum absolute atomic E-state index is 6.10. The van der Waals surface area contributed by atoms with Gasteiger partial charge < -0.3 is 5.32 Å². The molecule has 1 aromatic carbocycles. The van der Waals surface area contributed by atoms with Crippen molar-refractivity contribution in [1.29, 1.82) is 0 Å². The molecule has 0 radical (unpaired) electrons. The molecule has 2 atom stereocenters. The Balaban J connectivity index is 1.99. The van der Waals surface area contributed by atoms with Crippen LogP contribution in [0.4, 0.5) is 0 Å². The number of nitrogens with zero attached hydrogens (tertiary/aromatic N) is 1. The molecule has 1 aliphatic rings. The molecule has 1 fully saturated rings. The van der Waals surface area contributed by atoms with Crippen molar-refractivity contribution in [2.45, 2.75) is 32.7 Å². The molecule has 3 heteroatoms. The average Bonchev–Trinajstić information content (AvgIpc) is 2.45. The molecule has 2 unspecified atom stereocenters. The van der Waals surface area contributed by atoms with Gasteiger partial charge in [0, 0.05) is 17.6 Å². The zero-order valence-corrected chi connectivity index (χ0v) is 12.8. The van der Waals surface area contributed by atoms with Crippen molar-refractivity contribution in [3.63, 3.8) is 0 Å². The Labute approximate surface area is 122 Å². The van der Waals surface area contributed by atoms with Gasteiger partial charge >= 0.3 is 0 Å². The minimum atomic E-state index is 0.436. The minimum absolute atomic E-state index is 0.436. The molecule has 2 rings (SSSR count). The van der Waals surface area contributed by atoms with Crippen molar-refractivity contribution < 1.29 is 0 Å². The van der Waals surface area contributed by atoms with Gasteiger partial charge in [-0.1, -0.05) is 30.7 Å². The van der Waals surface area contributed by atoms with Gasteiger partial charge in [-0.15, -0.1) is 0 Å². The lowest BCUT2D eigenvalue weighted by Crippen LogP contribution is -2.39. The Morgan fingerprint density at radius 2 is 2.32 bits per heavy atom. The van der Waals surface area contributed by atoms with Crippen molar-refractivity contribution in [3.8, 4) is 0 Å². The number of halogens is 1. The number of rotatable bonds is 5. The number of hydrogen-bond donors (Lipinski definition) is 1. The van der Waals surface area contributed by atoms with Crippen LogP contribution in [-0.4, -0.2) is 31.1 Å². The van der Waals surface area contributed by atoms with Crippen LogP contribution in [0.25, 0.3) is 0 Å². The number of nitrogens with one attached hydrogen (secondary N) is 1. The van der Waals surface area contributed by atoms with Gasteiger partial charge in [-0.2, -0.15) is 0 Å². The van der Waals surface area contributed by atoms with Crippen molar-refractivity contribution >= 4 is 11.6 Å². The molecule has 1 saturated heterocycles. The molecule has 0 amide bonds. The normalized spacial score (nSPS) is 21.6. The smallest absolute Gasteiger partial charge is 0.0409 e. The van der Waals surface area contributed by atoms with E-state index in [1.807, 2.05) is 12.1 Å². The van der Waals surface area contributed by atoms with E-state index in [-0.39, 0.29) is 0 Å². The highest BCUT2D eigenvalue weighted by Crippen LogP contribution is 2.24. The maximum atomic E-state index is 6.10. The largest absolute Gasteiger partial charge is 0.316 e. The van der Waals surface area contributed by atoms with Gasteiger partial charge in [-0.3, -0.25) is 4.90 Å². The lowest BCUT2D eigenvalue weighted by atomic mass is 9.97. The van der Waals surface area contributed by atoms with E-state index < -0.39 is 0 Å². The SMILES string of the molecule is CCN(CC1CCCNC1)C(C)c1cccc(Cl)c1. The summed E-state index contributed by atoms with van der Waals surface area (Å²) < 4.78 is 0. The molecule has 106 valence electrons. The highest BCUT2D eigenvalue weighted by molar-refractivity contribution is 6.30. The second-order valence-corrected chi connectivity index (χ2v) is 5.97. The third kappa shape index (κ3) is 4.20.